The topological polar surface area (TPSA) is 101 Å². The summed E-state index contributed by atoms with van der Waals surface area (Å²) < 4.78 is 23.3. The van der Waals surface area contributed by atoms with Gasteiger partial charge >= 0.3 is 0 Å². The van der Waals surface area contributed by atoms with E-state index in [1.54, 1.807) is 30.6 Å². The quantitative estimate of drug-likeness (QED) is 0.763. The molecule has 1 aromatic carbocycles. The molecule has 0 aliphatic carbocycles. The van der Waals surface area contributed by atoms with Gasteiger partial charge in [0.05, 0.1) is 28.3 Å². The van der Waals surface area contributed by atoms with Crippen molar-refractivity contribution in [1.29, 1.82) is 0 Å². The molecule has 1 saturated heterocycles. The summed E-state index contributed by atoms with van der Waals surface area (Å²) >= 11 is 7.66. The first kappa shape index (κ1) is 19.2. The van der Waals surface area contributed by atoms with Crippen LogP contribution in [-0.4, -0.2) is 47.3 Å². The fraction of sp³-hybridized carbons (Fsp3) is 0.278. The zero-order valence-corrected chi connectivity index (χ0v) is 17.0. The van der Waals surface area contributed by atoms with E-state index in [1.807, 2.05) is 12.1 Å². The number of amidine groups is 1. The number of fused-ring (bicyclic) bond motifs is 1. The minimum Gasteiger partial charge on any atom is -0.348 e. The van der Waals surface area contributed by atoms with E-state index in [0.29, 0.717) is 28.0 Å². The molecule has 0 saturated carbocycles. The SMILES string of the molecule is O=C(NCc1cccnc1)c1ccc(Cl)c(NC2=N[C@H]3CS(=O)(=O)C[C@@H]3S2)c1. The van der Waals surface area contributed by atoms with Crippen LogP contribution in [0, 0.1) is 0 Å². The number of nitrogens with one attached hydrogen (secondary N) is 2. The second-order valence-electron chi connectivity index (χ2n) is 6.60. The summed E-state index contributed by atoms with van der Waals surface area (Å²) in [5, 5.41) is 7.00. The molecule has 0 radical (unpaired) electrons. The number of pyridine rings is 1. The van der Waals surface area contributed by atoms with E-state index in [9.17, 15) is 13.2 Å². The third kappa shape index (κ3) is 4.31. The molecular weight excluding hydrogens is 420 g/mol. The molecular formula is C18H17ClN4O3S2. The lowest BCUT2D eigenvalue weighted by atomic mass is 10.2. The molecule has 1 amide bonds. The summed E-state index contributed by atoms with van der Waals surface area (Å²) in [5.74, 6) is -0.00501. The largest absolute Gasteiger partial charge is 0.348 e. The minimum absolute atomic E-state index is 0.0581. The number of carbonyl (C=O) groups excluding carboxylic acids is 1. The maximum Gasteiger partial charge on any atom is 0.251 e. The molecule has 146 valence electrons. The molecule has 0 spiro atoms. The Morgan fingerprint density at radius 2 is 2.14 bits per heavy atom. The molecule has 4 rings (SSSR count). The van der Waals surface area contributed by atoms with Gasteiger partial charge in [-0.3, -0.25) is 14.8 Å². The lowest BCUT2D eigenvalue weighted by molar-refractivity contribution is 0.0951. The Balaban J connectivity index is 1.43. The second kappa shape index (κ2) is 7.73. The van der Waals surface area contributed by atoms with Crippen LogP contribution in [0.2, 0.25) is 5.02 Å². The normalized spacial score (nSPS) is 22.4. The molecule has 0 unspecified atom stereocenters. The van der Waals surface area contributed by atoms with Crippen molar-refractivity contribution in [1.82, 2.24) is 10.3 Å². The summed E-state index contributed by atoms with van der Waals surface area (Å²) in [4.78, 5) is 20.9. The minimum atomic E-state index is -3.00. The van der Waals surface area contributed by atoms with Crippen molar-refractivity contribution in [2.24, 2.45) is 4.99 Å². The number of hydrogen-bond acceptors (Lipinski definition) is 7. The Morgan fingerprint density at radius 1 is 1.29 bits per heavy atom. The number of aromatic nitrogens is 1. The van der Waals surface area contributed by atoms with Crippen LogP contribution in [0.1, 0.15) is 15.9 Å². The van der Waals surface area contributed by atoms with Gasteiger partial charge in [0.1, 0.15) is 0 Å². The van der Waals surface area contributed by atoms with E-state index < -0.39 is 9.84 Å². The summed E-state index contributed by atoms with van der Waals surface area (Å²) in [6.07, 6.45) is 3.37. The van der Waals surface area contributed by atoms with Crippen molar-refractivity contribution < 1.29 is 13.2 Å². The van der Waals surface area contributed by atoms with Gasteiger partial charge < -0.3 is 10.6 Å². The fourth-order valence-electron chi connectivity index (χ4n) is 3.08. The average Bonchev–Trinajstić information content (AvgIpc) is 3.15. The standard InChI is InChI=1S/C18H17ClN4O3S2/c19-13-4-3-12(17(24)21-8-11-2-1-5-20-7-11)6-14(13)22-18-23-15-9-28(25,26)10-16(15)27-18/h1-7,15-16H,8-10H2,(H,21,24)(H,22,23)/t15-,16-/m0/s1. The number of sulfone groups is 1. The van der Waals surface area contributed by atoms with Gasteiger partial charge in [-0.05, 0) is 29.8 Å². The zero-order chi connectivity index (χ0) is 19.7. The van der Waals surface area contributed by atoms with E-state index >= 15 is 0 Å². The Kier molecular flexibility index (Phi) is 5.31. The third-order valence-electron chi connectivity index (χ3n) is 4.46. The summed E-state index contributed by atoms with van der Waals surface area (Å²) in [6.45, 7) is 0.373. The second-order valence-corrected chi connectivity index (χ2v) is 10.4. The maximum atomic E-state index is 12.4. The number of halogens is 1. The van der Waals surface area contributed by atoms with E-state index in [2.05, 4.69) is 20.6 Å². The lowest BCUT2D eigenvalue weighted by Gasteiger charge is -2.11. The summed E-state index contributed by atoms with van der Waals surface area (Å²) in [7, 11) is -3.00. The lowest BCUT2D eigenvalue weighted by Crippen LogP contribution is -2.23. The number of amides is 1. The van der Waals surface area contributed by atoms with Gasteiger partial charge in [0, 0.05) is 29.8 Å². The average molecular weight is 437 g/mol. The van der Waals surface area contributed by atoms with Crippen LogP contribution in [-0.2, 0) is 16.4 Å². The first-order valence-corrected chi connectivity index (χ1v) is 11.7. The highest BCUT2D eigenvalue weighted by Crippen LogP contribution is 2.35. The number of aliphatic imine (C=N–C) groups is 1. The molecule has 1 aromatic heterocycles. The molecule has 2 aliphatic heterocycles. The Morgan fingerprint density at radius 3 is 2.89 bits per heavy atom. The van der Waals surface area contributed by atoms with Crippen LogP contribution >= 0.6 is 23.4 Å². The van der Waals surface area contributed by atoms with Crippen molar-refractivity contribution in [2.75, 3.05) is 16.8 Å². The molecule has 7 nitrogen and oxygen atoms in total. The van der Waals surface area contributed by atoms with Crippen LogP contribution < -0.4 is 10.6 Å². The molecule has 2 aromatic rings. The predicted molar refractivity (Wildman–Crippen MR) is 112 cm³/mol. The number of anilines is 1. The van der Waals surface area contributed by atoms with Gasteiger partial charge in [0.2, 0.25) is 0 Å². The van der Waals surface area contributed by atoms with E-state index in [1.165, 1.54) is 11.8 Å². The first-order chi connectivity index (χ1) is 13.4. The van der Waals surface area contributed by atoms with Gasteiger partial charge in [0.15, 0.2) is 15.0 Å². The highest BCUT2D eigenvalue weighted by Gasteiger charge is 2.42. The highest BCUT2D eigenvalue weighted by atomic mass is 35.5. The monoisotopic (exact) mass is 436 g/mol. The highest BCUT2D eigenvalue weighted by molar-refractivity contribution is 8.15. The van der Waals surface area contributed by atoms with Crippen molar-refractivity contribution in [3.63, 3.8) is 0 Å². The van der Waals surface area contributed by atoms with Gasteiger partial charge in [-0.15, -0.1) is 0 Å². The van der Waals surface area contributed by atoms with Gasteiger partial charge in [-0.1, -0.05) is 29.4 Å². The van der Waals surface area contributed by atoms with Crippen LogP contribution in [0.25, 0.3) is 0 Å². The van der Waals surface area contributed by atoms with Crippen LogP contribution in [0.15, 0.2) is 47.7 Å². The first-order valence-electron chi connectivity index (χ1n) is 8.58. The van der Waals surface area contributed by atoms with Crippen molar-refractivity contribution in [3.8, 4) is 0 Å². The molecule has 28 heavy (non-hydrogen) atoms. The molecule has 2 aliphatic rings. The maximum absolute atomic E-state index is 12.4. The number of rotatable bonds is 4. The van der Waals surface area contributed by atoms with Crippen molar-refractivity contribution in [2.45, 2.75) is 17.8 Å². The number of hydrogen-bond donors (Lipinski definition) is 2. The number of nitrogens with zero attached hydrogens (tertiary/aromatic N) is 2. The van der Waals surface area contributed by atoms with Crippen molar-refractivity contribution >= 4 is 50.0 Å². The molecule has 2 atom stereocenters. The fourth-order valence-corrected chi connectivity index (χ4v) is 6.91. The smallest absolute Gasteiger partial charge is 0.251 e. The molecule has 2 N–H and O–H groups in total. The molecule has 3 heterocycles. The predicted octanol–water partition coefficient (Wildman–Crippen LogP) is 2.35. The van der Waals surface area contributed by atoms with Crippen molar-refractivity contribution in [3.05, 3.63) is 58.9 Å². The Bertz CT molecular complexity index is 1040. The third-order valence-corrected chi connectivity index (χ3v) is 7.94. The van der Waals surface area contributed by atoms with Crippen LogP contribution in [0.5, 0.6) is 0 Å². The van der Waals surface area contributed by atoms with Crippen LogP contribution in [0.3, 0.4) is 0 Å². The zero-order valence-electron chi connectivity index (χ0n) is 14.6. The summed E-state index contributed by atoms with van der Waals surface area (Å²) in [5.41, 5.74) is 1.92. The van der Waals surface area contributed by atoms with E-state index in [0.717, 1.165) is 5.56 Å². The Hall–Kier alpha value is -2.10. The number of thioether (sulfide) groups is 1. The van der Waals surface area contributed by atoms with Gasteiger partial charge in [0.25, 0.3) is 5.91 Å². The number of carbonyl (C=O) groups is 1. The Labute approximate surface area is 171 Å². The molecule has 1 fully saturated rings. The number of benzene rings is 1. The molecule has 0 bridgehead atoms. The van der Waals surface area contributed by atoms with E-state index in [4.69, 9.17) is 11.6 Å². The van der Waals surface area contributed by atoms with Crippen LogP contribution in [0.4, 0.5) is 5.69 Å². The van der Waals surface area contributed by atoms with E-state index in [-0.39, 0.29) is 28.7 Å². The summed E-state index contributed by atoms with van der Waals surface area (Å²) in [6, 6.07) is 8.43. The van der Waals surface area contributed by atoms with Gasteiger partial charge in [-0.2, -0.15) is 0 Å². The molecule has 10 heteroatoms. The van der Waals surface area contributed by atoms with Gasteiger partial charge in [-0.25, -0.2) is 8.42 Å².